The van der Waals surface area contributed by atoms with Gasteiger partial charge in [-0.05, 0) is 42.6 Å². The summed E-state index contributed by atoms with van der Waals surface area (Å²) in [6.45, 7) is 4.40. The Hall–Kier alpha value is -1.93. The van der Waals surface area contributed by atoms with Gasteiger partial charge in [-0.3, -0.25) is 25.8 Å². The van der Waals surface area contributed by atoms with Crippen molar-refractivity contribution in [3.05, 3.63) is 38.9 Å². The average molecular weight is 385 g/mol. The third-order valence-corrected chi connectivity index (χ3v) is 5.17. The van der Waals surface area contributed by atoms with E-state index in [1.54, 1.807) is 0 Å². The first-order chi connectivity index (χ1) is 11.8. The maximum atomic E-state index is 12.2. The number of hydrazine groups is 1. The van der Waals surface area contributed by atoms with Crippen LogP contribution in [-0.2, 0) is 0 Å². The Bertz CT molecular complexity index is 685. The van der Waals surface area contributed by atoms with Crippen molar-refractivity contribution in [3.8, 4) is 0 Å². The molecular formula is C16H21ClN4O3S. The van der Waals surface area contributed by atoms with Crippen molar-refractivity contribution in [2.45, 2.75) is 39.2 Å². The SMILES string of the molecule is C[C@@H]1[C@H](C)CCC[C@@H]1NC(=S)NNC(=O)c1cc(Cl)ccc1[N+](=O)[O-]. The van der Waals surface area contributed by atoms with Crippen molar-refractivity contribution in [2.24, 2.45) is 11.8 Å². The van der Waals surface area contributed by atoms with E-state index in [0.29, 0.717) is 11.8 Å². The Morgan fingerprint density at radius 3 is 2.72 bits per heavy atom. The van der Waals surface area contributed by atoms with Gasteiger partial charge in [-0.15, -0.1) is 0 Å². The third kappa shape index (κ3) is 5.02. The number of nitro groups is 1. The Labute approximate surface area is 156 Å². The third-order valence-electron chi connectivity index (χ3n) is 4.71. The molecule has 3 atom stereocenters. The summed E-state index contributed by atoms with van der Waals surface area (Å²) in [5, 5.41) is 14.7. The zero-order valence-electron chi connectivity index (χ0n) is 14.0. The largest absolute Gasteiger partial charge is 0.358 e. The molecule has 0 unspecified atom stereocenters. The second-order valence-electron chi connectivity index (χ2n) is 6.34. The van der Waals surface area contributed by atoms with Gasteiger partial charge in [0.25, 0.3) is 11.6 Å². The molecule has 2 rings (SSSR count). The molecule has 1 amide bonds. The molecule has 1 saturated carbocycles. The van der Waals surface area contributed by atoms with Crippen molar-refractivity contribution in [1.29, 1.82) is 0 Å². The number of nitro benzene ring substituents is 1. The second kappa shape index (κ2) is 8.44. The van der Waals surface area contributed by atoms with Gasteiger partial charge in [0, 0.05) is 17.1 Å². The summed E-state index contributed by atoms with van der Waals surface area (Å²) in [4.78, 5) is 22.6. The van der Waals surface area contributed by atoms with Crippen LogP contribution in [0.1, 0.15) is 43.5 Å². The van der Waals surface area contributed by atoms with Gasteiger partial charge in [-0.1, -0.05) is 38.3 Å². The lowest BCUT2D eigenvalue weighted by Crippen LogP contribution is -2.52. The van der Waals surface area contributed by atoms with Crippen LogP contribution in [0.2, 0.25) is 5.02 Å². The normalized spacial score (nSPS) is 22.8. The van der Waals surface area contributed by atoms with Crippen LogP contribution in [0.15, 0.2) is 18.2 Å². The van der Waals surface area contributed by atoms with Crippen LogP contribution < -0.4 is 16.2 Å². The van der Waals surface area contributed by atoms with Gasteiger partial charge in [-0.25, -0.2) is 0 Å². The zero-order valence-corrected chi connectivity index (χ0v) is 15.6. The highest BCUT2D eigenvalue weighted by Gasteiger charge is 2.27. The minimum absolute atomic E-state index is 0.132. The minimum atomic E-state index is -0.677. The first kappa shape index (κ1) is 19.4. The molecule has 0 saturated heterocycles. The van der Waals surface area contributed by atoms with E-state index in [0.717, 1.165) is 12.8 Å². The van der Waals surface area contributed by atoms with E-state index >= 15 is 0 Å². The van der Waals surface area contributed by atoms with E-state index < -0.39 is 10.8 Å². The summed E-state index contributed by atoms with van der Waals surface area (Å²) < 4.78 is 0. The van der Waals surface area contributed by atoms with Crippen molar-refractivity contribution in [2.75, 3.05) is 0 Å². The van der Waals surface area contributed by atoms with Crippen LogP contribution in [0, 0.1) is 22.0 Å². The number of benzene rings is 1. The van der Waals surface area contributed by atoms with Gasteiger partial charge < -0.3 is 5.32 Å². The van der Waals surface area contributed by atoms with Crippen LogP contribution in [0.25, 0.3) is 0 Å². The lowest BCUT2D eigenvalue weighted by molar-refractivity contribution is -0.385. The summed E-state index contributed by atoms with van der Waals surface area (Å²) >= 11 is 11.0. The van der Waals surface area contributed by atoms with Crippen LogP contribution in [0.4, 0.5) is 5.69 Å². The molecule has 1 aliphatic carbocycles. The zero-order chi connectivity index (χ0) is 18.6. The molecule has 0 aromatic heterocycles. The molecule has 0 heterocycles. The monoisotopic (exact) mass is 384 g/mol. The summed E-state index contributed by atoms with van der Waals surface area (Å²) in [6.07, 6.45) is 3.35. The van der Waals surface area contributed by atoms with Gasteiger partial charge in [-0.2, -0.15) is 0 Å². The van der Waals surface area contributed by atoms with E-state index in [9.17, 15) is 14.9 Å². The molecular weight excluding hydrogens is 364 g/mol. The molecule has 1 aromatic carbocycles. The van der Waals surface area contributed by atoms with Crippen LogP contribution in [0.3, 0.4) is 0 Å². The Kier molecular flexibility index (Phi) is 6.55. The molecule has 0 bridgehead atoms. The number of nitrogens with one attached hydrogen (secondary N) is 3. The van der Waals surface area contributed by atoms with Gasteiger partial charge in [0.2, 0.25) is 0 Å². The van der Waals surface area contributed by atoms with E-state index in [1.807, 2.05) is 0 Å². The molecule has 1 aromatic rings. The number of amides is 1. The lowest BCUT2D eigenvalue weighted by atomic mass is 9.78. The van der Waals surface area contributed by atoms with Crippen molar-refractivity contribution in [3.63, 3.8) is 0 Å². The first-order valence-corrected chi connectivity index (χ1v) is 8.89. The fourth-order valence-corrected chi connectivity index (χ4v) is 3.39. The summed E-state index contributed by atoms with van der Waals surface area (Å²) in [5.74, 6) is 0.402. The molecule has 25 heavy (non-hydrogen) atoms. The Morgan fingerprint density at radius 1 is 1.32 bits per heavy atom. The maximum Gasteiger partial charge on any atom is 0.282 e. The second-order valence-corrected chi connectivity index (χ2v) is 7.19. The van der Waals surface area contributed by atoms with E-state index in [-0.39, 0.29) is 27.4 Å². The van der Waals surface area contributed by atoms with Gasteiger partial charge >= 0.3 is 0 Å². The number of hydrogen-bond acceptors (Lipinski definition) is 4. The van der Waals surface area contributed by atoms with Crippen LogP contribution >= 0.6 is 23.8 Å². The van der Waals surface area contributed by atoms with E-state index in [4.69, 9.17) is 23.8 Å². The Morgan fingerprint density at radius 2 is 2.04 bits per heavy atom. The fourth-order valence-electron chi connectivity index (χ4n) is 3.02. The highest BCUT2D eigenvalue weighted by atomic mass is 35.5. The number of hydrogen-bond donors (Lipinski definition) is 3. The van der Waals surface area contributed by atoms with Gasteiger partial charge in [0.05, 0.1) is 4.92 Å². The van der Waals surface area contributed by atoms with Crippen molar-refractivity contribution < 1.29 is 9.72 Å². The first-order valence-electron chi connectivity index (χ1n) is 8.10. The van der Waals surface area contributed by atoms with Gasteiger partial charge in [0.15, 0.2) is 5.11 Å². The standard InChI is InChI=1S/C16H21ClN4O3S/c1-9-4-3-5-13(10(9)2)18-16(25)20-19-15(22)12-8-11(17)6-7-14(12)21(23)24/h6-10,13H,3-5H2,1-2H3,(H,19,22)(H2,18,20,25)/t9-,10-,13+/m1/s1. The maximum absolute atomic E-state index is 12.2. The van der Waals surface area contributed by atoms with E-state index in [1.165, 1.54) is 24.6 Å². The predicted molar refractivity (Wildman–Crippen MR) is 100 cm³/mol. The summed E-state index contributed by atoms with van der Waals surface area (Å²) in [5.41, 5.74) is 4.53. The van der Waals surface area contributed by atoms with Crippen LogP contribution in [-0.4, -0.2) is 22.0 Å². The molecule has 9 heteroatoms. The molecule has 3 N–H and O–H groups in total. The molecule has 1 fully saturated rings. The molecule has 1 aliphatic rings. The smallest absolute Gasteiger partial charge is 0.282 e. The summed E-state index contributed by atoms with van der Waals surface area (Å²) in [6, 6.07) is 4.04. The highest BCUT2D eigenvalue weighted by Crippen LogP contribution is 2.29. The van der Waals surface area contributed by atoms with E-state index in [2.05, 4.69) is 30.0 Å². The number of rotatable bonds is 3. The minimum Gasteiger partial charge on any atom is -0.358 e. The average Bonchev–Trinajstić information content (AvgIpc) is 2.56. The number of carbonyl (C=O) groups is 1. The lowest BCUT2D eigenvalue weighted by Gasteiger charge is -2.35. The number of carbonyl (C=O) groups excluding carboxylic acids is 1. The van der Waals surface area contributed by atoms with Crippen molar-refractivity contribution in [1.82, 2.24) is 16.2 Å². The van der Waals surface area contributed by atoms with Crippen LogP contribution in [0.5, 0.6) is 0 Å². The quantitative estimate of drug-likeness (QED) is 0.420. The number of nitrogens with zero attached hydrogens (tertiary/aromatic N) is 1. The molecule has 7 nitrogen and oxygen atoms in total. The molecule has 136 valence electrons. The number of thiocarbonyl (C=S) groups is 1. The molecule has 0 spiro atoms. The molecule has 0 radical (unpaired) electrons. The van der Waals surface area contributed by atoms with Gasteiger partial charge in [0.1, 0.15) is 5.56 Å². The summed E-state index contributed by atoms with van der Waals surface area (Å²) in [7, 11) is 0. The fraction of sp³-hybridized carbons (Fsp3) is 0.500. The highest BCUT2D eigenvalue weighted by molar-refractivity contribution is 7.80. The van der Waals surface area contributed by atoms with Crippen molar-refractivity contribution >= 4 is 40.5 Å². The topological polar surface area (TPSA) is 96.3 Å². The predicted octanol–water partition coefficient (Wildman–Crippen LogP) is 3.18. The number of halogens is 1. The molecule has 0 aliphatic heterocycles. The Balaban J connectivity index is 1.95.